The zero-order valence-electron chi connectivity index (χ0n) is 10.2. The molecule has 0 saturated heterocycles. The smallest absolute Gasteiger partial charge is 0.0106 e. The highest BCUT2D eigenvalue weighted by Gasteiger charge is 2.20. The van der Waals surface area contributed by atoms with E-state index in [4.69, 9.17) is 0 Å². The maximum absolute atomic E-state index is 3.92. The molecule has 1 saturated carbocycles. The molecule has 0 amide bonds. The number of rotatable bonds is 6. The van der Waals surface area contributed by atoms with Gasteiger partial charge < -0.3 is 0 Å². The highest BCUT2D eigenvalue weighted by atomic mass is 79.9. The average Bonchev–Trinajstić information content (AvgIpc) is 3.12. The molecule has 0 bridgehead atoms. The van der Waals surface area contributed by atoms with Gasteiger partial charge in [-0.05, 0) is 36.0 Å². The molecular formula is C16H19Br. The SMILES string of the molecule is C=C(Br)/C=C(\CCCC1CC1)c1ccccc1. The maximum Gasteiger partial charge on any atom is 0.0106 e. The summed E-state index contributed by atoms with van der Waals surface area (Å²) in [4.78, 5) is 0. The molecule has 1 aliphatic rings. The van der Waals surface area contributed by atoms with Gasteiger partial charge in [0.15, 0.2) is 0 Å². The Kier molecular flexibility index (Phi) is 4.61. The van der Waals surface area contributed by atoms with Crippen LogP contribution in [0.3, 0.4) is 0 Å². The average molecular weight is 291 g/mol. The Morgan fingerprint density at radius 2 is 2.00 bits per heavy atom. The fourth-order valence-electron chi connectivity index (χ4n) is 2.13. The molecule has 1 aromatic rings. The molecule has 1 fully saturated rings. The molecule has 0 unspecified atom stereocenters. The number of hydrogen-bond acceptors (Lipinski definition) is 0. The van der Waals surface area contributed by atoms with Crippen LogP contribution < -0.4 is 0 Å². The minimum absolute atomic E-state index is 0.961. The maximum atomic E-state index is 3.92. The molecule has 1 heteroatoms. The summed E-state index contributed by atoms with van der Waals surface area (Å²) in [6.07, 6.45) is 8.91. The molecule has 0 nitrogen and oxygen atoms in total. The van der Waals surface area contributed by atoms with Gasteiger partial charge in [0.2, 0.25) is 0 Å². The van der Waals surface area contributed by atoms with E-state index in [9.17, 15) is 0 Å². The van der Waals surface area contributed by atoms with E-state index in [2.05, 4.69) is 58.9 Å². The van der Waals surface area contributed by atoms with E-state index in [0.29, 0.717) is 0 Å². The summed E-state index contributed by atoms with van der Waals surface area (Å²) in [5.41, 5.74) is 2.72. The van der Waals surface area contributed by atoms with E-state index < -0.39 is 0 Å². The predicted octanol–water partition coefficient (Wildman–Crippen LogP) is 5.56. The Bertz CT molecular complexity index is 399. The summed E-state index contributed by atoms with van der Waals surface area (Å²) in [6, 6.07) is 10.6. The van der Waals surface area contributed by atoms with E-state index in [-0.39, 0.29) is 0 Å². The zero-order valence-corrected chi connectivity index (χ0v) is 11.7. The lowest BCUT2D eigenvalue weighted by Crippen LogP contribution is -1.87. The molecule has 90 valence electrons. The van der Waals surface area contributed by atoms with Gasteiger partial charge in [-0.1, -0.05) is 72.1 Å². The molecule has 0 spiro atoms. The van der Waals surface area contributed by atoms with E-state index in [1.54, 1.807) is 0 Å². The predicted molar refractivity (Wildman–Crippen MR) is 79.1 cm³/mol. The van der Waals surface area contributed by atoms with Crippen molar-refractivity contribution in [3.8, 4) is 0 Å². The second kappa shape index (κ2) is 6.20. The third-order valence-electron chi connectivity index (χ3n) is 3.23. The first-order chi connectivity index (χ1) is 8.25. The van der Waals surface area contributed by atoms with Crippen molar-refractivity contribution in [2.75, 3.05) is 0 Å². The summed E-state index contributed by atoms with van der Waals surface area (Å²) in [5.74, 6) is 1.03. The summed E-state index contributed by atoms with van der Waals surface area (Å²) in [6.45, 7) is 3.92. The lowest BCUT2D eigenvalue weighted by molar-refractivity contribution is 0.680. The van der Waals surface area contributed by atoms with Crippen molar-refractivity contribution in [1.29, 1.82) is 0 Å². The number of halogens is 1. The lowest BCUT2D eigenvalue weighted by atomic mass is 9.99. The Labute approximate surface area is 113 Å². The van der Waals surface area contributed by atoms with Crippen LogP contribution in [0, 0.1) is 5.92 Å². The van der Waals surface area contributed by atoms with Crippen LogP contribution >= 0.6 is 15.9 Å². The van der Waals surface area contributed by atoms with Crippen LogP contribution in [-0.2, 0) is 0 Å². The molecular weight excluding hydrogens is 272 g/mol. The van der Waals surface area contributed by atoms with E-state index in [0.717, 1.165) is 16.8 Å². The van der Waals surface area contributed by atoms with Crippen LogP contribution in [0.4, 0.5) is 0 Å². The van der Waals surface area contributed by atoms with Crippen LogP contribution in [0.2, 0.25) is 0 Å². The van der Waals surface area contributed by atoms with Crippen LogP contribution in [-0.4, -0.2) is 0 Å². The van der Waals surface area contributed by atoms with Gasteiger partial charge in [-0.3, -0.25) is 0 Å². The van der Waals surface area contributed by atoms with Crippen LogP contribution in [0.5, 0.6) is 0 Å². The second-order valence-electron chi connectivity index (χ2n) is 4.82. The van der Waals surface area contributed by atoms with Gasteiger partial charge in [0.05, 0.1) is 0 Å². The van der Waals surface area contributed by atoms with E-state index in [1.807, 2.05) is 0 Å². The third kappa shape index (κ3) is 4.51. The summed E-state index contributed by atoms with van der Waals surface area (Å²) < 4.78 is 0.961. The van der Waals surface area contributed by atoms with Gasteiger partial charge in [-0.15, -0.1) is 0 Å². The first-order valence-corrected chi connectivity index (χ1v) is 7.15. The summed E-state index contributed by atoms with van der Waals surface area (Å²) in [5, 5.41) is 0. The molecule has 0 N–H and O–H groups in total. The van der Waals surface area contributed by atoms with Crippen molar-refractivity contribution >= 4 is 21.5 Å². The molecule has 0 atom stereocenters. The van der Waals surface area contributed by atoms with E-state index >= 15 is 0 Å². The topological polar surface area (TPSA) is 0 Å². The number of benzene rings is 1. The van der Waals surface area contributed by atoms with Crippen LogP contribution in [0.1, 0.15) is 37.7 Å². The molecule has 0 heterocycles. The quantitative estimate of drug-likeness (QED) is 0.602. The van der Waals surface area contributed by atoms with Crippen molar-refractivity contribution in [2.24, 2.45) is 5.92 Å². The lowest BCUT2D eigenvalue weighted by Gasteiger charge is -2.07. The highest BCUT2D eigenvalue weighted by Crippen LogP contribution is 2.35. The van der Waals surface area contributed by atoms with Crippen LogP contribution in [0.15, 0.2) is 47.5 Å². The monoisotopic (exact) mass is 290 g/mol. The van der Waals surface area contributed by atoms with Gasteiger partial charge in [0.25, 0.3) is 0 Å². The second-order valence-corrected chi connectivity index (χ2v) is 5.84. The minimum atomic E-state index is 0.961. The normalized spacial score (nSPS) is 15.9. The summed E-state index contributed by atoms with van der Waals surface area (Å²) in [7, 11) is 0. The molecule has 0 aliphatic heterocycles. The molecule has 1 aliphatic carbocycles. The largest absolute Gasteiger partial charge is 0.0847 e. The fourth-order valence-corrected chi connectivity index (χ4v) is 2.41. The Morgan fingerprint density at radius 1 is 1.29 bits per heavy atom. The standard InChI is InChI=1S/C16H19Br/c1-13(17)12-16(9-5-6-14-10-11-14)15-7-3-2-4-8-15/h2-4,7-8,12,14H,1,5-6,9-11H2/b16-12+. The molecule has 0 radical (unpaired) electrons. The van der Waals surface area contributed by atoms with Crippen molar-refractivity contribution in [2.45, 2.75) is 32.1 Å². The first kappa shape index (κ1) is 12.6. The fraction of sp³-hybridized carbons (Fsp3) is 0.375. The van der Waals surface area contributed by atoms with Crippen molar-refractivity contribution < 1.29 is 0 Å². The Morgan fingerprint density at radius 3 is 2.59 bits per heavy atom. The Balaban J connectivity index is 1.99. The van der Waals surface area contributed by atoms with Gasteiger partial charge in [0.1, 0.15) is 0 Å². The third-order valence-corrected chi connectivity index (χ3v) is 3.46. The zero-order chi connectivity index (χ0) is 12.1. The van der Waals surface area contributed by atoms with Crippen molar-refractivity contribution in [3.63, 3.8) is 0 Å². The molecule has 2 rings (SSSR count). The molecule has 1 aromatic carbocycles. The Hall–Kier alpha value is -0.820. The number of hydrogen-bond donors (Lipinski definition) is 0. The number of allylic oxidation sites excluding steroid dienone is 3. The van der Waals surface area contributed by atoms with Gasteiger partial charge in [0, 0.05) is 4.48 Å². The molecule has 0 aromatic heterocycles. The van der Waals surface area contributed by atoms with Gasteiger partial charge >= 0.3 is 0 Å². The van der Waals surface area contributed by atoms with Gasteiger partial charge in [-0.25, -0.2) is 0 Å². The molecule has 17 heavy (non-hydrogen) atoms. The van der Waals surface area contributed by atoms with Gasteiger partial charge in [-0.2, -0.15) is 0 Å². The summed E-state index contributed by atoms with van der Waals surface area (Å²) >= 11 is 3.43. The van der Waals surface area contributed by atoms with Crippen molar-refractivity contribution in [1.82, 2.24) is 0 Å². The van der Waals surface area contributed by atoms with Crippen LogP contribution in [0.25, 0.3) is 5.57 Å². The van der Waals surface area contributed by atoms with E-state index in [1.165, 1.54) is 36.8 Å². The van der Waals surface area contributed by atoms with Crippen molar-refractivity contribution in [3.05, 3.63) is 53.0 Å². The minimum Gasteiger partial charge on any atom is -0.0847 e. The first-order valence-electron chi connectivity index (χ1n) is 6.36. The highest BCUT2D eigenvalue weighted by molar-refractivity contribution is 9.11.